The Balaban J connectivity index is 2.32. The molecular weight excluding hydrogens is 260 g/mol. The summed E-state index contributed by atoms with van der Waals surface area (Å²) >= 11 is 1.59. The van der Waals surface area contributed by atoms with Gasteiger partial charge in [-0.2, -0.15) is 0 Å². The molecule has 0 fully saturated rings. The lowest BCUT2D eigenvalue weighted by Gasteiger charge is -2.22. The van der Waals surface area contributed by atoms with E-state index in [-0.39, 0.29) is 6.04 Å². The molecule has 0 aliphatic rings. The fourth-order valence-corrected chi connectivity index (χ4v) is 2.47. The van der Waals surface area contributed by atoms with Gasteiger partial charge in [-0.3, -0.25) is 0 Å². The maximum absolute atomic E-state index is 5.34. The van der Waals surface area contributed by atoms with Crippen molar-refractivity contribution in [1.29, 1.82) is 0 Å². The number of pyridine rings is 1. The van der Waals surface area contributed by atoms with Gasteiger partial charge in [0.25, 0.3) is 0 Å². The Hall–Kier alpha value is -1.82. The van der Waals surface area contributed by atoms with Gasteiger partial charge in [0, 0.05) is 25.7 Å². The van der Waals surface area contributed by atoms with Gasteiger partial charge in [0.05, 0.1) is 30.0 Å². The van der Waals surface area contributed by atoms with Crippen LogP contribution in [0.2, 0.25) is 0 Å². The van der Waals surface area contributed by atoms with Crippen LogP contribution in [-0.4, -0.2) is 31.2 Å². The zero-order valence-corrected chi connectivity index (χ0v) is 12.4. The van der Waals surface area contributed by atoms with Crippen molar-refractivity contribution >= 4 is 22.7 Å². The number of nitrogens with one attached hydrogen (secondary N) is 1. The molecule has 19 heavy (non-hydrogen) atoms. The van der Waals surface area contributed by atoms with Crippen LogP contribution in [0, 0.1) is 0 Å². The Bertz CT molecular complexity index is 527. The Morgan fingerprint density at radius 3 is 2.74 bits per heavy atom. The molecule has 0 bridgehead atoms. The van der Waals surface area contributed by atoms with Crippen LogP contribution in [0.5, 0.6) is 5.88 Å². The van der Waals surface area contributed by atoms with Crippen molar-refractivity contribution in [1.82, 2.24) is 9.97 Å². The number of nitrogens with zero attached hydrogens (tertiary/aromatic N) is 3. The van der Waals surface area contributed by atoms with Crippen molar-refractivity contribution in [2.45, 2.75) is 13.0 Å². The zero-order valence-electron chi connectivity index (χ0n) is 11.5. The highest BCUT2D eigenvalue weighted by Gasteiger charge is 2.16. The van der Waals surface area contributed by atoms with Crippen LogP contribution >= 0.6 is 11.3 Å². The van der Waals surface area contributed by atoms with E-state index in [1.807, 2.05) is 36.0 Å². The first-order chi connectivity index (χ1) is 9.13. The van der Waals surface area contributed by atoms with Gasteiger partial charge < -0.3 is 15.0 Å². The molecule has 102 valence electrons. The zero-order chi connectivity index (χ0) is 13.8. The molecule has 5 nitrogen and oxygen atoms in total. The van der Waals surface area contributed by atoms with Crippen molar-refractivity contribution in [3.63, 3.8) is 0 Å². The maximum atomic E-state index is 5.34. The number of hydrogen-bond donors (Lipinski definition) is 1. The minimum absolute atomic E-state index is 0.100. The third kappa shape index (κ3) is 2.96. The molecule has 0 saturated heterocycles. The summed E-state index contributed by atoms with van der Waals surface area (Å²) in [7, 11) is 5.61. The number of ether oxygens (including phenoxy) is 1. The molecule has 2 aromatic rings. The van der Waals surface area contributed by atoms with Crippen LogP contribution in [0.4, 0.5) is 11.4 Å². The average Bonchev–Trinajstić information content (AvgIpc) is 2.92. The molecule has 0 aromatic carbocycles. The molecule has 0 saturated carbocycles. The van der Waals surface area contributed by atoms with Gasteiger partial charge in [-0.15, -0.1) is 11.3 Å². The second-order valence-corrected chi connectivity index (χ2v) is 5.11. The SMILES string of the molecule is COc1nccc(N(C)C)c1NC(C)c1cscn1. The Morgan fingerprint density at radius 2 is 2.16 bits per heavy atom. The first-order valence-corrected chi connectivity index (χ1v) is 6.92. The fraction of sp³-hybridized carbons (Fsp3) is 0.385. The molecule has 2 aromatic heterocycles. The van der Waals surface area contributed by atoms with Crippen molar-refractivity contribution in [3.05, 3.63) is 28.8 Å². The van der Waals surface area contributed by atoms with E-state index in [0.29, 0.717) is 5.88 Å². The van der Waals surface area contributed by atoms with Crippen LogP contribution in [0.15, 0.2) is 23.2 Å². The Labute approximate surface area is 117 Å². The van der Waals surface area contributed by atoms with Gasteiger partial charge in [0.1, 0.15) is 5.69 Å². The minimum atomic E-state index is 0.100. The molecule has 0 aliphatic heterocycles. The summed E-state index contributed by atoms with van der Waals surface area (Å²) in [6.07, 6.45) is 1.74. The van der Waals surface area contributed by atoms with Crippen LogP contribution < -0.4 is 15.0 Å². The molecule has 0 aliphatic carbocycles. The molecule has 0 spiro atoms. The first kappa shape index (κ1) is 13.6. The van der Waals surface area contributed by atoms with Gasteiger partial charge >= 0.3 is 0 Å². The molecule has 1 N–H and O–H groups in total. The minimum Gasteiger partial charge on any atom is -0.479 e. The highest BCUT2D eigenvalue weighted by atomic mass is 32.1. The van der Waals surface area contributed by atoms with Crippen LogP contribution in [0.1, 0.15) is 18.7 Å². The Morgan fingerprint density at radius 1 is 1.37 bits per heavy atom. The van der Waals surface area contributed by atoms with Crippen molar-refractivity contribution < 1.29 is 4.74 Å². The summed E-state index contributed by atoms with van der Waals surface area (Å²) in [4.78, 5) is 10.6. The second-order valence-electron chi connectivity index (χ2n) is 4.39. The van der Waals surface area contributed by atoms with E-state index in [9.17, 15) is 0 Å². The average molecular weight is 278 g/mol. The Kier molecular flexibility index (Phi) is 4.21. The molecule has 6 heteroatoms. The lowest BCUT2D eigenvalue weighted by atomic mass is 10.2. The van der Waals surface area contributed by atoms with Gasteiger partial charge in [-0.1, -0.05) is 0 Å². The summed E-state index contributed by atoms with van der Waals surface area (Å²) in [5.41, 5.74) is 4.77. The largest absolute Gasteiger partial charge is 0.479 e. The van der Waals surface area contributed by atoms with E-state index in [4.69, 9.17) is 4.74 Å². The van der Waals surface area contributed by atoms with E-state index < -0.39 is 0 Å². The third-order valence-electron chi connectivity index (χ3n) is 2.83. The summed E-state index contributed by atoms with van der Waals surface area (Å²) in [6.45, 7) is 2.07. The van der Waals surface area contributed by atoms with Crippen molar-refractivity contribution in [2.24, 2.45) is 0 Å². The molecule has 0 amide bonds. The molecule has 0 radical (unpaired) electrons. The van der Waals surface area contributed by atoms with E-state index in [1.54, 1.807) is 24.6 Å². The van der Waals surface area contributed by atoms with E-state index in [1.165, 1.54) is 0 Å². The predicted octanol–water partition coefficient (Wildman–Crippen LogP) is 2.79. The molecular formula is C13H18N4OS. The van der Waals surface area contributed by atoms with E-state index in [0.717, 1.165) is 17.1 Å². The number of thiazole rings is 1. The van der Waals surface area contributed by atoms with E-state index in [2.05, 4.69) is 22.2 Å². The van der Waals surface area contributed by atoms with Crippen LogP contribution in [0.3, 0.4) is 0 Å². The molecule has 1 unspecified atom stereocenters. The van der Waals surface area contributed by atoms with Gasteiger partial charge in [-0.25, -0.2) is 9.97 Å². The standard InChI is InChI=1S/C13H18N4OS/c1-9(10-7-19-8-15-10)16-12-11(17(2)3)5-6-14-13(12)18-4/h5-9,16H,1-4H3. The summed E-state index contributed by atoms with van der Waals surface area (Å²) in [6, 6.07) is 2.06. The quantitative estimate of drug-likeness (QED) is 0.911. The number of rotatable bonds is 5. The highest BCUT2D eigenvalue weighted by molar-refractivity contribution is 7.07. The highest BCUT2D eigenvalue weighted by Crippen LogP contribution is 2.34. The van der Waals surface area contributed by atoms with Crippen molar-refractivity contribution in [3.8, 4) is 5.88 Å². The number of hydrogen-bond acceptors (Lipinski definition) is 6. The van der Waals surface area contributed by atoms with Gasteiger partial charge in [0.2, 0.25) is 5.88 Å². The molecule has 2 heterocycles. The molecule has 2 rings (SSSR count). The predicted molar refractivity (Wildman–Crippen MR) is 79.3 cm³/mol. The monoisotopic (exact) mass is 278 g/mol. The second kappa shape index (κ2) is 5.88. The first-order valence-electron chi connectivity index (χ1n) is 5.98. The van der Waals surface area contributed by atoms with Crippen LogP contribution in [0.25, 0.3) is 0 Å². The lowest BCUT2D eigenvalue weighted by molar-refractivity contribution is 0.399. The molecule has 1 atom stereocenters. The topological polar surface area (TPSA) is 50.3 Å². The maximum Gasteiger partial charge on any atom is 0.239 e. The smallest absolute Gasteiger partial charge is 0.239 e. The van der Waals surface area contributed by atoms with Crippen LogP contribution in [-0.2, 0) is 0 Å². The van der Waals surface area contributed by atoms with E-state index >= 15 is 0 Å². The number of anilines is 2. The normalized spacial score (nSPS) is 12.0. The summed E-state index contributed by atoms with van der Waals surface area (Å²) in [5, 5.41) is 5.47. The summed E-state index contributed by atoms with van der Waals surface area (Å²) in [5.74, 6) is 0.591. The lowest BCUT2D eigenvalue weighted by Crippen LogP contribution is -2.15. The van der Waals surface area contributed by atoms with Gasteiger partial charge in [-0.05, 0) is 13.0 Å². The fourth-order valence-electron chi connectivity index (χ4n) is 1.82. The summed E-state index contributed by atoms with van der Waals surface area (Å²) < 4.78 is 5.34. The van der Waals surface area contributed by atoms with Crippen molar-refractivity contribution in [2.75, 3.05) is 31.4 Å². The third-order valence-corrected chi connectivity index (χ3v) is 3.43. The number of aromatic nitrogens is 2. The number of methoxy groups -OCH3 is 1. The van der Waals surface area contributed by atoms with Gasteiger partial charge in [0.15, 0.2) is 0 Å².